The van der Waals surface area contributed by atoms with Gasteiger partial charge in [-0.2, -0.15) is 0 Å². The molecule has 0 aromatic heterocycles. The first-order valence-corrected chi connectivity index (χ1v) is 10.6. The van der Waals surface area contributed by atoms with Crippen molar-refractivity contribution in [2.24, 2.45) is 0 Å². The van der Waals surface area contributed by atoms with Crippen LogP contribution in [0.2, 0.25) is 0 Å². The molecule has 0 atom stereocenters. The van der Waals surface area contributed by atoms with Gasteiger partial charge in [-0.25, -0.2) is 0 Å². The van der Waals surface area contributed by atoms with Gasteiger partial charge >= 0.3 is 0 Å². The molecule has 2 heteroatoms. The Morgan fingerprint density at radius 2 is 1.30 bits per heavy atom. The summed E-state index contributed by atoms with van der Waals surface area (Å²) < 4.78 is 0. The Morgan fingerprint density at radius 3 is 1.65 bits per heavy atom. The van der Waals surface area contributed by atoms with Crippen LogP contribution < -0.4 is 0 Å². The zero-order chi connectivity index (χ0) is 17.9. The first-order chi connectivity index (χ1) is 11.2. The molecule has 1 rings (SSSR count). The second-order valence-corrected chi connectivity index (χ2v) is 7.85. The Bertz CT molecular complexity index is 345. The first-order valence-electron chi connectivity index (χ1n) is 8.89. The van der Waals surface area contributed by atoms with Crippen LogP contribution in [0.15, 0.2) is 36.4 Å². The number of aliphatic hydroxyl groups excluding tert-OH is 1. The number of benzene rings is 1. The van der Waals surface area contributed by atoms with E-state index in [1.165, 1.54) is 54.1 Å². The van der Waals surface area contributed by atoms with E-state index in [1.807, 2.05) is 26.0 Å². The van der Waals surface area contributed by atoms with Gasteiger partial charge in [-0.05, 0) is 44.5 Å². The highest BCUT2D eigenvalue weighted by molar-refractivity contribution is 7.96. The minimum atomic E-state index is 0.618. The average Bonchev–Trinajstić information content (AvgIpc) is 2.61. The summed E-state index contributed by atoms with van der Waals surface area (Å²) in [6, 6.07) is 9.12. The van der Waals surface area contributed by atoms with Gasteiger partial charge in [-0.15, -0.1) is 0 Å². The van der Waals surface area contributed by atoms with Crippen LogP contribution in [0.4, 0.5) is 0 Å². The molecule has 0 aliphatic rings. The van der Waals surface area contributed by atoms with Gasteiger partial charge in [0.05, 0.1) is 0 Å². The first kappa shape index (κ1) is 24.5. The van der Waals surface area contributed by atoms with E-state index in [9.17, 15) is 0 Å². The lowest BCUT2D eigenvalue weighted by Gasteiger charge is -2.08. The second kappa shape index (κ2) is 19.3. The van der Waals surface area contributed by atoms with E-state index in [2.05, 4.69) is 45.0 Å². The van der Waals surface area contributed by atoms with Crippen molar-refractivity contribution >= 4 is 10.9 Å². The topological polar surface area (TPSA) is 20.2 Å². The average molecular weight is 340 g/mol. The maximum atomic E-state index is 7.00. The van der Waals surface area contributed by atoms with Crippen LogP contribution in [0.25, 0.3) is 0 Å². The maximum Gasteiger partial charge on any atom is 0.133 e. The molecular weight excluding hydrogens is 300 g/mol. The van der Waals surface area contributed by atoms with Gasteiger partial charge in [0.2, 0.25) is 0 Å². The van der Waals surface area contributed by atoms with Crippen LogP contribution in [-0.4, -0.2) is 23.7 Å². The molecule has 1 aromatic carbocycles. The molecule has 0 radical (unpaired) electrons. The Morgan fingerprint density at radius 1 is 0.870 bits per heavy atom. The van der Waals surface area contributed by atoms with E-state index >= 15 is 0 Å². The van der Waals surface area contributed by atoms with E-state index < -0.39 is 0 Å². The zero-order valence-electron chi connectivity index (χ0n) is 16.3. The maximum absolute atomic E-state index is 7.00. The number of unbranched alkanes of at least 4 members (excludes halogenated alkanes) is 2. The summed E-state index contributed by atoms with van der Waals surface area (Å²) in [4.78, 5) is 0. The lowest BCUT2D eigenvalue weighted by atomic mass is 10.2. The van der Waals surface area contributed by atoms with Gasteiger partial charge in [-0.3, -0.25) is 0 Å². The molecule has 134 valence electrons. The van der Waals surface area contributed by atoms with Crippen LogP contribution >= 0.6 is 0 Å². The number of rotatable bonds is 8. The van der Waals surface area contributed by atoms with Crippen molar-refractivity contribution < 1.29 is 5.11 Å². The summed E-state index contributed by atoms with van der Waals surface area (Å²) in [5, 5.41) is 7.00. The Labute approximate surface area is 148 Å². The standard InChI is InChI=1S/C16H27S.C4H8.CH4O/c1-4-6-12-17(13-7-5-2)14-16-10-8-15(3)9-11-16;1-3-4-2;1-2/h8-11H,4-7,12-14H2,1-3H3;3-4H,1-2H3;2H,1H3/q+1;;/b;4-3-;. The summed E-state index contributed by atoms with van der Waals surface area (Å²) in [6.45, 7) is 10.8. The predicted octanol–water partition coefficient (Wildman–Crippen LogP) is 5.90. The van der Waals surface area contributed by atoms with Crippen molar-refractivity contribution in [1.29, 1.82) is 0 Å². The highest BCUT2D eigenvalue weighted by Crippen LogP contribution is 2.14. The van der Waals surface area contributed by atoms with Gasteiger partial charge in [0, 0.05) is 12.7 Å². The third-order valence-electron chi connectivity index (χ3n) is 3.40. The molecule has 0 bridgehead atoms. The summed E-state index contributed by atoms with van der Waals surface area (Å²) in [6.07, 6.45) is 9.48. The van der Waals surface area contributed by atoms with Crippen molar-refractivity contribution in [2.45, 2.75) is 66.1 Å². The summed E-state index contributed by atoms with van der Waals surface area (Å²) in [5.74, 6) is 4.18. The molecule has 0 aliphatic heterocycles. The van der Waals surface area contributed by atoms with Crippen molar-refractivity contribution in [1.82, 2.24) is 0 Å². The molecule has 1 nitrogen and oxygen atoms in total. The Kier molecular flexibility index (Phi) is 20.6. The third kappa shape index (κ3) is 15.9. The van der Waals surface area contributed by atoms with E-state index in [-0.39, 0.29) is 0 Å². The fourth-order valence-corrected chi connectivity index (χ4v) is 4.41. The molecule has 23 heavy (non-hydrogen) atoms. The third-order valence-corrected chi connectivity index (χ3v) is 5.87. The van der Waals surface area contributed by atoms with Crippen LogP contribution in [0.3, 0.4) is 0 Å². The minimum Gasteiger partial charge on any atom is -0.400 e. The van der Waals surface area contributed by atoms with Crippen molar-refractivity contribution in [3.63, 3.8) is 0 Å². The Balaban J connectivity index is 0. The number of allylic oxidation sites excluding steroid dienone is 2. The highest BCUT2D eigenvalue weighted by Gasteiger charge is 2.17. The van der Waals surface area contributed by atoms with Crippen LogP contribution in [0.1, 0.15) is 64.5 Å². The number of aliphatic hydroxyl groups is 1. The predicted molar refractivity (Wildman–Crippen MR) is 110 cm³/mol. The number of aryl methyl sites for hydroxylation is 1. The molecule has 0 unspecified atom stereocenters. The van der Waals surface area contributed by atoms with Crippen molar-refractivity contribution in [3.8, 4) is 0 Å². The van der Waals surface area contributed by atoms with Crippen LogP contribution in [-0.2, 0) is 16.6 Å². The normalized spacial score (nSPS) is 10.1. The lowest BCUT2D eigenvalue weighted by molar-refractivity contribution is 0.399. The fraction of sp³-hybridized carbons (Fsp3) is 0.619. The molecule has 0 saturated heterocycles. The van der Waals surface area contributed by atoms with Crippen LogP contribution in [0, 0.1) is 6.92 Å². The highest BCUT2D eigenvalue weighted by atomic mass is 32.2. The Hall–Kier alpha value is -0.730. The summed E-state index contributed by atoms with van der Waals surface area (Å²) in [5.41, 5.74) is 2.90. The van der Waals surface area contributed by atoms with E-state index in [4.69, 9.17) is 5.11 Å². The summed E-state index contributed by atoms with van der Waals surface area (Å²) in [7, 11) is 1.62. The molecule has 0 fully saturated rings. The molecule has 0 heterocycles. The molecule has 1 aromatic rings. The molecular formula is C21H39OS+. The molecule has 0 saturated carbocycles. The zero-order valence-corrected chi connectivity index (χ0v) is 17.1. The minimum absolute atomic E-state index is 0.618. The number of hydrogen-bond acceptors (Lipinski definition) is 1. The van der Waals surface area contributed by atoms with Gasteiger partial charge in [0.15, 0.2) is 0 Å². The van der Waals surface area contributed by atoms with Gasteiger partial charge in [0.25, 0.3) is 0 Å². The molecule has 0 amide bonds. The quantitative estimate of drug-likeness (QED) is 0.461. The largest absolute Gasteiger partial charge is 0.400 e. The number of hydrogen-bond donors (Lipinski definition) is 1. The SMILES string of the molecule is C/C=C\C.CCCC[S+](CCCC)Cc1ccc(C)cc1.CO. The fourth-order valence-electron chi connectivity index (χ4n) is 1.86. The van der Waals surface area contributed by atoms with E-state index in [0.29, 0.717) is 10.9 Å². The summed E-state index contributed by atoms with van der Waals surface area (Å²) >= 11 is 0. The van der Waals surface area contributed by atoms with Crippen molar-refractivity contribution in [3.05, 3.63) is 47.5 Å². The van der Waals surface area contributed by atoms with Gasteiger partial charge < -0.3 is 5.11 Å². The van der Waals surface area contributed by atoms with E-state index in [1.54, 1.807) is 0 Å². The van der Waals surface area contributed by atoms with Crippen molar-refractivity contribution in [2.75, 3.05) is 18.6 Å². The monoisotopic (exact) mass is 339 g/mol. The molecule has 0 spiro atoms. The van der Waals surface area contributed by atoms with Gasteiger partial charge in [-0.1, -0.05) is 68.7 Å². The lowest BCUT2D eigenvalue weighted by Crippen LogP contribution is -2.14. The second-order valence-electron chi connectivity index (χ2n) is 5.52. The van der Waals surface area contributed by atoms with Crippen LogP contribution in [0.5, 0.6) is 0 Å². The molecule has 1 N–H and O–H groups in total. The van der Waals surface area contributed by atoms with Gasteiger partial charge in [0.1, 0.15) is 17.3 Å². The molecule has 0 aliphatic carbocycles. The smallest absolute Gasteiger partial charge is 0.133 e. The van der Waals surface area contributed by atoms with E-state index in [0.717, 1.165) is 7.11 Å².